The molecule has 1 aromatic carbocycles. The third-order valence-corrected chi connectivity index (χ3v) is 4.30. The van der Waals surface area contributed by atoms with Crippen LogP contribution >= 0.6 is 23.2 Å². The van der Waals surface area contributed by atoms with Gasteiger partial charge in [0.25, 0.3) is 0 Å². The lowest BCUT2D eigenvalue weighted by Gasteiger charge is -2.20. The minimum atomic E-state index is -0.423. The quantitative estimate of drug-likeness (QED) is 0.915. The van der Waals surface area contributed by atoms with Crippen molar-refractivity contribution >= 4 is 23.2 Å². The molecule has 5 heteroatoms. The first-order valence-electron chi connectivity index (χ1n) is 6.89. The molecule has 3 rings (SSSR count). The minimum Gasteiger partial charge on any atom is -0.394 e. The molecule has 3 nitrogen and oxygen atoms in total. The summed E-state index contributed by atoms with van der Waals surface area (Å²) in [6.45, 7) is -0.119. The fourth-order valence-corrected chi connectivity index (χ4v) is 3.17. The second kappa shape index (κ2) is 6.51. The number of rotatable bonds is 3. The minimum absolute atomic E-state index is 0.119. The standard InChI is InChI=1S/C16H16Cl2O3/c17-11-6-7-12(13(18)8-11)15-14(9-19)20-16(21-15)10-4-2-1-3-5-10/h1-4,6-8,10,14-16,19H,5,9H2/t10?,14-,15-,16?/m0/s1. The van der Waals surface area contributed by atoms with Gasteiger partial charge in [-0.25, -0.2) is 0 Å². The summed E-state index contributed by atoms with van der Waals surface area (Å²) in [5.74, 6) is 0.153. The molecule has 0 aromatic heterocycles. The molecule has 0 bridgehead atoms. The van der Waals surface area contributed by atoms with Crippen LogP contribution in [0.1, 0.15) is 18.1 Å². The lowest BCUT2D eigenvalue weighted by atomic mass is 10.0. The predicted molar refractivity (Wildman–Crippen MR) is 82.4 cm³/mol. The molecule has 1 fully saturated rings. The molecule has 2 unspecified atom stereocenters. The Kier molecular flexibility index (Phi) is 4.67. The number of aliphatic hydroxyl groups excluding tert-OH is 1. The first-order chi connectivity index (χ1) is 10.2. The Hall–Kier alpha value is -0.840. The van der Waals surface area contributed by atoms with Gasteiger partial charge in [-0.15, -0.1) is 0 Å². The Balaban J connectivity index is 1.81. The van der Waals surface area contributed by atoms with Gasteiger partial charge in [0.15, 0.2) is 6.29 Å². The van der Waals surface area contributed by atoms with Crippen molar-refractivity contribution in [2.45, 2.75) is 24.9 Å². The van der Waals surface area contributed by atoms with E-state index in [9.17, 15) is 5.11 Å². The molecule has 1 heterocycles. The average Bonchev–Trinajstić information content (AvgIpc) is 2.92. The lowest BCUT2D eigenvalue weighted by molar-refractivity contribution is -0.0959. The van der Waals surface area contributed by atoms with Crippen molar-refractivity contribution in [3.63, 3.8) is 0 Å². The molecule has 1 saturated heterocycles. The van der Waals surface area contributed by atoms with E-state index >= 15 is 0 Å². The van der Waals surface area contributed by atoms with Gasteiger partial charge in [-0.2, -0.15) is 0 Å². The van der Waals surface area contributed by atoms with Crippen LogP contribution < -0.4 is 0 Å². The van der Waals surface area contributed by atoms with Gasteiger partial charge in [0.05, 0.1) is 6.61 Å². The Morgan fingerprint density at radius 3 is 2.71 bits per heavy atom. The third kappa shape index (κ3) is 3.17. The van der Waals surface area contributed by atoms with E-state index in [1.165, 1.54) is 0 Å². The molecular weight excluding hydrogens is 311 g/mol. The highest BCUT2D eigenvalue weighted by Gasteiger charge is 2.40. The molecular formula is C16H16Cl2O3. The van der Waals surface area contributed by atoms with Crippen molar-refractivity contribution in [3.05, 3.63) is 58.1 Å². The van der Waals surface area contributed by atoms with Gasteiger partial charge < -0.3 is 14.6 Å². The van der Waals surface area contributed by atoms with E-state index in [2.05, 4.69) is 12.2 Å². The van der Waals surface area contributed by atoms with Crippen LogP contribution in [0.15, 0.2) is 42.5 Å². The maximum absolute atomic E-state index is 9.55. The van der Waals surface area contributed by atoms with E-state index in [0.717, 1.165) is 12.0 Å². The maximum Gasteiger partial charge on any atom is 0.165 e. The zero-order valence-corrected chi connectivity index (χ0v) is 12.8. The summed E-state index contributed by atoms with van der Waals surface area (Å²) in [5, 5.41) is 10.6. The Morgan fingerprint density at radius 2 is 2.05 bits per heavy atom. The second-order valence-corrected chi connectivity index (χ2v) is 6.00. The molecule has 2 aliphatic rings. The van der Waals surface area contributed by atoms with Crippen molar-refractivity contribution in [1.29, 1.82) is 0 Å². The van der Waals surface area contributed by atoms with Crippen molar-refractivity contribution < 1.29 is 14.6 Å². The maximum atomic E-state index is 9.55. The molecule has 0 radical (unpaired) electrons. The van der Waals surface area contributed by atoms with Crippen LogP contribution in [0.2, 0.25) is 10.0 Å². The predicted octanol–water partition coefficient (Wildman–Crippen LogP) is 3.90. The average molecular weight is 327 g/mol. The number of benzene rings is 1. The van der Waals surface area contributed by atoms with Crippen LogP contribution in [0.3, 0.4) is 0 Å². The van der Waals surface area contributed by atoms with Gasteiger partial charge in [0, 0.05) is 21.5 Å². The molecule has 1 aliphatic carbocycles. The molecule has 112 valence electrons. The number of halogens is 2. The molecule has 0 amide bonds. The van der Waals surface area contributed by atoms with Crippen molar-refractivity contribution in [2.24, 2.45) is 5.92 Å². The van der Waals surface area contributed by atoms with Gasteiger partial charge in [-0.3, -0.25) is 0 Å². The normalized spacial score (nSPS) is 31.8. The largest absolute Gasteiger partial charge is 0.394 e. The van der Waals surface area contributed by atoms with E-state index in [4.69, 9.17) is 32.7 Å². The Morgan fingerprint density at radius 1 is 1.19 bits per heavy atom. The van der Waals surface area contributed by atoms with Crippen LogP contribution in [0.25, 0.3) is 0 Å². The van der Waals surface area contributed by atoms with E-state index in [1.807, 2.05) is 18.2 Å². The summed E-state index contributed by atoms with van der Waals surface area (Å²) in [7, 11) is 0. The molecule has 1 aliphatic heterocycles. The first-order valence-corrected chi connectivity index (χ1v) is 7.64. The highest BCUT2D eigenvalue weighted by atomic mass is 35.5. The molecule has 1 N–H and O–H groups in total. The highest BCUT2D eigenvalue weighted by Crippen LogP contribution is 2.40. The highest BCUT2D eigenvalue weighted by molar-refractivity contribution is 6.35. The summed E-state index contributed by atoms with van der Waals surface area (Å²) in [6.07, 6.45) is 7.80. The molecule has 0 saturated carbocycles. The fraction of sp³-hybridized carbons (Fsp3) is 0.375. The van der Waals surface area contributed by atoms with Gasteiger partial charge in [-0.05, 0) is 18.6 Å². The topological polar surface area (TPSA) is 38.7 Å². The van der Waals surface area contributed by atoms with E-state index in [0.29, 0.717) is 10.0 Å². The smallest absolute Gasteiger partial charge is 0.165 e. The van der Waals surface area contributed by atoms with E-state index in [1.54, 1.807) is 12.1 Å². The number of hydrogen-bond donors (Lipinski definition) is 1. The van der Waals surface area contributed by atoms with Gasteiger partial charge in [0.1, 0.15) is 12.2 Å². The van der Waals surface area contributed by atoms with Gasteiger partial charge in [0.2, 0.25) is 0 Å². The summed E-state index contributed by atoms with van der Waals surface area (Å²) < 4.78 is 11.9. The Bertz CT molecular complexity index is 571. The summed E-state index contributed by atoms with van der Waals surface area (Å²) in [4.78, 5) is 0. The third-order valence-electron chi connectivity index (χ3n) is 3.74. The molecule has 21 heavy (non-hydrogen) atoms. The summed E-state index contributed by atoms with van der Waals surface area (Å²) >= 11 is 12.2. The van der Waals surface area contributed by atoms with Gasteiger partial charge >= 0.3 is 0 Å². The second-order valence-electron chi connectivity index (χ2n) is 5.16. The SMILES string of the molecule is OC[C@@H]1OC(C2C=CC=CC2)O[C@H]1c1ccc(Cl)cc1Cl. The summed E-state index contributed by atoms with van der Waals surface area (Å²) in [5.41, 5.74) is 0.790. The van der Waals surface area contributed by atoms with E-state index < -0.39 is 6.10 Å². The van der Waals surface area contributed by atoms with Crippen molar-refractivity contribution in [2.75, 3.05) is 6.61 Å². The van der Waals surface area contributed by atoms with Crippen LogP contribution in [-0.2, 0) is 9.47 Å². The zero-order chi connectivity index (χ0) is 14.8. The zero-order valence-electron chi connectivity index (χ0n) is 11.3. The van der Waals surface area contributed by atoms with Crippen LogP contribution in [0.4, 0.5) is 0 Å². The monoisotopic (exact) mass is 326 g/mol. The van der Waals surface area contributed by atoms with Crippen molar-refractivity contribution in [3.8, 4) is 0 Å². The first kappa shape index (κ1) is 15.1. The number of ether oxygens (including phenoxy) is 2. The van der Waals surface area contributed by atoms with Gasteiger partial charge in [-0.1, -0.05) is 53.6 Å². The lowest BCUT2D eigenvalue weighted by Crippen LogP contribution is -2.22. The van der Waals surface area contributed by atoms with Crippen molar-refractivity contribution in [1.82, 2.24) is 0 Å². The fourth-order valence-electron chi connectivity index (χ4n) is 2.66. The number of aliphatic hydroxyl groups is 1. The number of allylic oxidation sites excluding steroid dienone is 3. The van der Waals surface area contributed by atoms with Crippen LogP contribution in [0, 0.1) is 5.92 Å². The van der Waals surface area contributed by atoms with Crippen LogP contribution in [0.5, 0.6) is 0 Å². The number of hydrogen-bond acceptors (Lipinski definition) is 3. The molecule has 1 aromatic rings. The summed E-state index contributed by atoms with van der Waals surface area (Å²) in [6, 6.07) is 5.25. The molecule has 4 atom stereocenters. The molecule has 0 spiro atoms. The van der Waals surface area contributed by atoms with Crippen LogP contribution in [-0.4, -0.2) is 24.1 Å². The Labute approximate surface area is 133 Å². The van der Waals surface area contributed by atoms with E-state index in [-0.39, 0.29) is 24.9 Å².